The molecule has 0 bridgehead atoms. The van der Waals surface area contributed by atoms with Crippen LogP contribution in [0.4, 0.5) is 4.79 Å². The Kier molecular flexibility index (Phi) is 2.89. The van der Waals surface area contributed by atoms with Gasteiger partial charge in [0.25, 0.3) is 0 Å². The number of aliphatic hydroxyl groups excluding tert-OH is 1. The summed E-state index contributed by atoms with van der Waals surface area (Å²) in [6.07, 6.45) is 1.71. The Labute approximate surface area is 103 Å². The minimum atomic E-state index is -0.427. The van der Waals surface area contributed by atoms with E-state index in [2.05, 4.69) is 0 Å². The molecule has 1 atom stereocenters. The predicted octanol–water partition coefficient (Wildman–Crippen LogP) is 2.01. The molecule has 1 amide bonds. The quantitative estimate of drug-likeness (QED) is 0.804. The van der Waals surface area contributed by atoms with Crippen LogP contribution in [0.25, 0.3) is 0 Å². The van der Waals surface area contributed by atoms with Gasteiger partial charge in [0.15, 0.2) is 0 Å². The average molecular weight is 241 g/mol. The van der Waals surface area contributed by atoms with E-state index in [0.29, 0.717) is 5.92 Å². The van der Waals surface area contributed by atoms with Gasteiger partial charge in [0.05, 0.1) is 6.10 Å². The highest BCUT2D eigenvalue weighted by atomic mass is 16.6. The lowest BCUT2D eigenvalue weighted by molar-refractivity contribution is -0.0365. The first-order chi connectivity index (χ1) is 7.74. The van der Waals surface area contributed by atoms with Gasteiger partial charge in [-0.15, -0.1) is 0 Å². The highest BCUT2D eigenvalue weighted by Crippen LogP contribution is 2.57. The van der Waals surface area contributed by atoms with Crippen LogP contribution < -0.4 is 0 Å². The first-order valence-corrected chi connectivity index (χ1v) is 6.40. The fraction of sp³-hybridized carbons (Fsp3) is 0.923. The Morgan fingerprint density at radius 2 is 1.94 bits per heavy atom. The van der Waals surface area contributed by atoms with Crippen molar-refractivity contribution < 1.29 is 14.6 Å². The molecule has 1 aliphatic carbocycles. The summed E-state index contributed by atoms with van der Waals surface area (Å²) in [5.41, 5.74) is -0.331. The molecule has 0 aromatic carbocycles. The van der Waals surface area contributed by atoms with E-state index in [1.165, 1.54) is 0 Å². The number of ether oxygens (including phenoxy) is 1. The number of carbonyl (C=O) groups is 1. The Morgan fingerprint density at radius 1 is 1.41 bits per heavy atom. The van der Waals surface area contributed by atoms with Gasteiger partial charge in [-0.05, 0) is 40.5 Å². The maximum atomic E-state index is 11.7. The van der Waals surface area contributed by atoms with E-state index in [0.717, 1.165) is 25.9 Å². The smallest absolute Gasteiger partial charge is 0.410 e. The van der Waals surface area contributed by atoms with Crippen LogP contribution in [0, 0.1) is 11.3 Å². The zero-order valence-electron chi connectivity index (χ0n) is 11.2. The number of aliphatic hydroxyl groups is 1. The monoisotopic (exact) mass is 241 g/mol. The van der Waals surface area contributed by atoms with Gasteiger partial charge in [-0.25, -0.2) is 4.79 Å². The van der Waals surface area contributed by atoms with Crippen LogP contribution in [0.15, 0.2) is 0 Å². The second-order valence-electron chi connectivity index (χ2n) is 6.49. The van der Waals surface area contributed by atoms with E-state index in [4.69, 9.17) is 4.74 Å². The van der Waals surface area contributed by atoms with Crippen LogP contribution in [-0.2, 0) is 4.74 Å². The number of nitrogens with zero attached hydrogens (tertiary/aromatic N) is 1. The molecule has 1 aliphatic heterocycles. The Hall–Kier alpha value is -0.770. The molecule has 1 heterocycles. The van der Waals surface area contributed by atoms with E-state index < -0.39 is 5.60 Å². The summed E-state index contributed by atoms with van der Waals surface area (Å²) in [5, 5.41) is 9.75. The summed E-state index contributed by atoms with van der Waals surface area (Å²) >= 11 is 0. The van der Waals surface area contributed by atoms with E-state index >= 15 is 0 Å². The highest BCUT2D eigenvalue weighted by molar-refractivity contribution is 5.69. The van der Waals surface area contributed by atoms with Crippen molar-refractivity contribution in [2.24, 2.45) is 11.3 Å². The molecule has 0 aromatic rings. The van der Waals surface area contributed by atoms with Gasteiger partial charge in [-0.3, -0.25) is 0 Å². The lowest BCUT2D eigenvalue weighted by atomic mass is 9.79. The van der Waals surface area contributed by atoms with Gasteiger partial charge >= 0.3 is 6.09 Å². The predicted molar refractivity (Wildman–Crippen MR) is 64.6 cm³/mol. The molecule has 0 spiro atoms. The minimum Gasteiger partial charge on any atom is -0.444 e. The largest absolute Gasteiger partial charge is 0.444 e. The maximum Gasteiger partial charge on any atom is 0.410 e. The second-order valence-corrected chi connectivity index (χ2v) is 6.49. The van der Waals surface area contributed by atoms with Crippen molar-refractivity contribution in [1.29, 1.82) is 0 Å². The molecular formula is C13H23NO3. The van der Waals surface area contributed by atoms with Crippen LogP contribution in [0.5, 0.6) is 0 Å². The van der Waals surface area contributed by atoms with Gasteiger partial charge in [-0.2, -0.15) is 0 Å². The van der Waals surface area contributed by atoms with Crippen molar-refractivity contribution in [1.82, 2.24) is 4.90 Å². The summed E-state index contributed by atoms with van der Waals surface area (Å²) in [7, 11) is 0. The molecule has 17 heavy (non-hydrogen) atoms. The lowest BCUT2D eigenvalue weighted by Crippen LogP contribution is -2.56. The van der Waals surface area contributed by atoms with Crippen molar-refractivity contribution in [3.63, 3.8) is 0 Å². The summed E-state index contributed by atoms with van der Waals surface area (Å²) in [6.45, 7) is 8.96. The first-order valence-electron chi connectivity index (χ1n) is 6.40. The maximum absolute atomic E-state index is 11.7. The third-order valence-electron chi connectivity index (χ3n) is 4.01. The summed E-state index contributed by atoms with van der Waals surface area (Å²) in [5.74, 6) is 0.454. The van der Waals surface area contributed by atoms with Crippen LogP contribution in [0.3, 0.4) is 0 Å². The molecule has 4 heteroatoms. The van der Waals surface area contributed by atoms with Gasteiger partial charge in [0, 0.05) is 24.4 Å². The molecule has 2 fully saturated rings. The number of hydrogen-bond acceptors (Lipinski definition) is 3. The van der Waals surface area contributed by atoms with E-state index in [1.54, 1.807) is 4.90 Å². The minimum absolute atomic E-state index is 0.0957. The Balaban J connectivity index is 1.81. The van der Waals surface area contributed by atoms with Crippen molar-refractivity contribution in [3.05, 3.63) is 0 Å². The third kappa shape index (κ3) is 2.41. The normalized spacial score (nSPS) is 25.1. The van der Waals surface area contributed by atoms with Gasteiger partial charge in [-0.1, -0.05) is 0 Å². The molecule has 1 unspecified atom stereocenters. The Bertz CT molecular complexity index is 309. The van der Waals surface area contributed by atoms with Crippen LogP contribution in [-0.4, -0.2) is 40.9 Å². The fourth-order valence-corrected chi connectivity index (χ4v) is 2.63. The molecule has 1 N–H and O–H groups in total. The molecule has 2 rings (SSSR count). The Morgan fingerprint density at radius 3 is 2.29 bits per heavy atom. The standard InChI is InChI=1S/C13H23NO3/c1-9(15)13(5-6-13)10-7-14(8-10)11(16)17-12(2,3)4/h9-10,15H,5-8H2,1-4H3. The van der Waals surface area contributed by atoms with Crippen LogP contribution >= 0.6 is 0 Å². The van der Waals surface area contributed by atoms with Crippen molar-refractivity contribution in [3.8, 4) is 0 Å². The van der Waals surface area contributed by atoms with Crippen molar-refractivity contribution in [2.45, 2.75) is 52.2 Å². The molecule has 98 valence electrons. The summed E-state index contributed by atoms with van der Waals surface area (Å²) < 4.78 is 5.31. The third-order valence-corrected chi connectivity index (χ3v) is 4.01. The highest BCUT2D eigenvalue weighted by Gasteiger charge is 2.57. The van der Waals surface area contributed by atoms with Crippen LogP contribution in [0.1, 0.15) is 40.5 Å². The van der Waals surface area contributed by atoms with E-state index in [-0.39, 0.29) is 17.6 Å². The molecule has 0 aromatic heterocycles. The lowest BCUT2D eigenvalue weighted by Gasteiger charge is -2.45. The fourth-order valence-electron chi connectivity index (χ4n) is 2.63. The molecule has 1 saturated heterocycles. The average Bonchev–Trinajstić information content (AvgIpc) is 2.78. The zero-order chi connectivity index (χ0) is 12.8. The molecule has 1 saturated carbocycles. The number of carbonyl (C=O) groups excluding carboxylic acids is 1. The first kappa shape index (κ1) is 12.7. The van der Waals surface area contributed by atoms with Gasteiger partial charge in [0.1, 0.15) is 5.60 Å². The van der Waals surface area contributed by atoms with E-state index in [9.17, 15) is 9.90 Å². The second kappa shape index (κ2) is 3.87. The molecule has 2 aliphatic rings. The zero-order valence-corrected chi connectivity index (χ0v) is 11.2. The topological polar surface area (TPSA) is 49.8 Å². The van der Waals surface area contributed by atoms with Crippen molar-refractivity contribution in [2.75, 3.05) is 13.1 Å². The number of rotatable bonds is 2. The summed E-state index contributed by atoms with van der Waals surface area (Å²) in [4.78, 5) is 13.5. The van der Waals surface area contributed by atoms with Gasteiger partial charge in [0.2, 0.25) is 0 Å². The number of amides is 1. The van der Waals surface area contributed by atoms with Crippen molar-refractivity contribution >= 4 is 6.09 Å². The molecular weight excluding hydrogens is 218 g/mol. The molecule has 0 radical (unpaired) electrons. The SMILES string of the molecule is CC(O)C1(C2CN(C(=O)OC(C)(C)C)C2)CC1. The van der Waals surface area contributed by atoms with Gasteiger partial charge < -0.3 is 14.7 Å². The number of likely N-dealkylation sites (tertiary alicyclic amines) is 1. The molecule has 4 nitrogen and oxygen atoms in total. The summed E-state index contributed by atoms with van der Waals surface area (Å²) in [6, 6.07) is 0. The number of hydrogen-bond donors (Lipinski definition) is 1. The van der Waals surface area contributed by atoms with Crippen LogP contribution in [0.2, 0.25) is 0 Å². The van der Waals surface area contributed by atoms with E-state index in [1.807, 2.05) is 27.7 Å².